The molecule has 11 nitrogen and oxygen atoms in total. The number of rotatable bonds is 6. The number of hydrogen-bond donors (Lipinski definition) is 1. The molecule has 0 aliphatic carbocycles. The minimum absolute atomic E-state index is 0.0539. The summed E-state index contributed by atoms with van der Waals surface area (Å²) in [6.07, 6.45) is -0.367. The highest BCUT2D eigenvalue weighted by atomic mass is 16.6. The van der Waals surface area contributed by atoms with Crippen LogP contribution in [0.2, 0.25) is 0 Å². The molecular weight excluding hydrogens is 374 g/mol. The van der Waals surface area contributed by atoms with Crippen LogP contribution in [0.3, 0.4) is 0 Å². The van der Waals surface area contributed by atoms with Crippen LogP contribution in [0.1, 0.15) is 34.1 Å². The maximum Gasteiger partial charge on any atom is 0.338 e. The molecule has 1 N–H and O–H groups in total. The molecule has 1 aliphatic heterocycles. The number of hydrogen-bond acceptors (Lipinski definition) is 8. The summed E-state index contributed by atoms with van der Waals surface area (Å²) in [6.45, 7) is 1.87. The maximum atomic E-state index is 13.0. The van der Waals surface area contributed by atoms with Gasteiger partial charge in [-0.05, 0) is 13.0 Å². The van der Waals surface area contributed by atoms with E-state index in [1.807, 2.05) is 0 Å². The number of carbonyl (C=O) groups excluding carboxylic acids is 4. The number of methoxy groups -OCH3 is 1. The van der Waals surface area contributed by atoms with Gasteiger partial charge in [-0.2, -0.15) is 0 Å². The van der Waals surface area contributed by atoms with Gasteiger partial charge in [0.2, 0.25) is 5.91 Å². The van der Waals surface area contributed by atoms with Gasteiger partial charge < -0.3 is 19.7 Å². The second kappa shape index (κ2) is 8.93. The first kappa shape index (κ1) is 20.8. The zero-order chi connectivity index (χ0) is 20.8. The smallest absolute Gasteiger partial charge is 0.338 e. The van der Waals surface area contributed by atoms with Crippen molar-refractivity contribution in [3.05, 3.63) is 39.4 Å². The number of piperazine rings is 1. The summed E-state index contributed by atoms with van der Waals surface area (Å²) in [5.74, 6) is -2.77. The van der Waals surface area contributed by atoms with Crippen LogP contribution in [0.4, 0.5) is 5.69 Å². The van der Waals surface area contributed by atoms with Crippen molar-refractivity contribution in [1.29, 1.82) is 0 Å². The molecule has 1 heterocycles. The van der Waals surface area contributed by atoms with E-state index in [2.05, 4.69) is 10.1 Å². The van der Waals surface area contributed by atoms with E-state index in [0.29, 0.717) is 0 Å². The zero-order valence-corrected chi connectivity index (χ0v) is 15.3. The average Bonchev–Trinajstić information content (AvgIpc) is 2.68. The van der Waals surface area contributed by atoms with Crippen LogP contribution in [0.5, 0.6) is 0 Å². The predicted molar refractivity (Wildman–Crippen MR) is 93.5 cm³/mol. The highest BCUT2D eigenvalue weighted by Crippen LogP contribution is 2.22. The summed E-state index contributed by atoms with van der Waals surface area (Å²) < 4.78 is 9.39. The van der Waals surface area contributed by atoms with Crippen molar-refractivity contribution in [2.75, 3.05) is 26.8 Å². The molecule has 1 unspecified atom stereocenters. The fourth-order valence-corrected chi connectivity index (χ4v) is 2.74. The average molecular weight is 393 g/mol. The van der Waals surface area contributed by atoms with E-state index in [4.69, 9.17) is 4.74 Å². The van der Waals surface area contributed by atoms with Gasteiger partial charge >= 0.3 is 11.9 Å². The van der Waals surface area contributed by atoms with E-state index in [1.54, 1.807) is 6.92 Å². The van der Waals surface area contributed by atoms with Crippen molar-refractivity contribution >= 4 is 29.4 Å². The Balaban J connectivity index is 2.42. The van der Waals surface area contributed by atoms with Crippen LogP contribution in [0.25, 0.3) is 0 Å². The number of ether oxygens (including phenoxy) is 2. The maximum absolute atomic E-state index is 13.0. The molecule has 0 bridgehead atoms. The molecule has 11 heteroatoms. The highest BCUT2D eigenvalue weighted by Gasteiger charge is 2.36. The molecule has 1 aliphatic rings. The molecule has 0 aromatic heterocycles. The Bertz CT molecular complexity index is 823. The van der Waals surface area contributed by atoms with Crippen molar-refractivity contribution in [1.82, 2.24) is 10.2 Å². The molecule has 0 radical (unpaired) electrons. The number of carbonyl (C=O) groups is 4. The Morgan fingerprint density at radius 1 is 1.29 bits per heavy atom. The topological polar surface area (TPSA) is 145 Å². The third kappa shape index (κ3) is 4.61. The molecular formula is C17H19N3O8. The van der Waals surface area contributed by atoms with Crippen LogP contribution in [0, 0.1) is 10.1 Å². The number of non-ortho nitro benzene ring substituents is 1. The fourth-order valence-electron chi connectivity index (χ4n) is 2.74. The van der Waals surface area contributed by atoms with Gasteiger partial charge in [0.25, 0.3) is 11.6 Å². The van der Waals surface area contributed by atoms with Crippen LogP contribution < -0.4 is 5.32 Å². The van der Waals surface area contributed by atoms with Crippen LogP contribution in [-0.2, 0) is 19.1 Å². The SMILES string of the molecule is CCOC(=O)c1cc(C(=O)N2CCNC(=O)C2CC(=O)OC)cc([N+](=O)[O-])c1. The largest absolute Gasteiger partial charge is 0.469 e. The lowest BCUT2D eigenvalue weighted by Gasteiger charge is -2.34. The lowest BCUT2D eigenvalue weighted by Crippen LogP contribution is -2.57. The van der Waals surface area contributed by atoms with Gasteiger partial charge in [-0.1, -0.05) is 0 Å². The first-order valence-corrected chi connectivity index (χ1v) is 8.40. The molecule has 1 atom stereocenters. The van der Waals surface area contributed by atoms with E-state index in [0.717, 1.165) is 30.2 Å². The van der Waals surface area contributed by atoms with Crippen LogP contribution in [-0.4, -0.2) is 66.4 Å². The van der Waals surface area contributed by atoms with Gasteiger partial charge in [0.15, 0.2) is 0 Å². The van der Waals surface area contributed by atoms with Crippen molar-refractivity contribution in [3.8, 4) is 0 Å². The highest BCUT2D eigenvalue weighted by molar-refractivity contribution is 6.02. The van der Waals surface area contributed by atoms with Crippen molar-refractivity contribution < 1.29 is 33.6 Å². The minimum Gasteiger partial charge on any atom is -0.469 e. The first-order valence-electron chi connectivity index (χ1n) is 8.40. The summed E-state index contributed by atoms with van der Waals surface area (Å²) in [5, 5.41) is 13.7. The normalized spacial score (nSPS) is 16.1. The van der Waals surface area contributed by atoms with E-state index < -0.39 is 40.4 Å². The zero-order valence-electron chi connectivity index (χ0n) is 15.3. The summed E-state index contributed by atoms with van der Waals surface area (Å²) in [6, 6.07) is 2.05. The molecule has 150 valence electrons. The second-order valence-corrected chi connectivity index (χ2v) is 5.83. The number of nitrogens with one attached hydrogen (secondary N) is 1. The van der Waals surface area contributed by atoms with Crippen LogP contribution in [0.15, 0.2) is 18.2 Å². The number of nitrogens with zero attached hydrogens (tertiary/aromatic N) is 2. The number of amides is 2. The summed E-state index contributed by atoms with van der Waals surface area (Å²) in [5.41, 5.74) is -0.799. The lowest BCUT2D eigenvalue weighted by atomic mass is 10.0. The molecule has 0 saturated carbocycles. The Morgan fingerprint density at radius 2 is 1.96 bits per heavy atom. The second-order valence-electron chi connectivity index (χ2n) is 5.83. The van der Waals surface area contributed by atoms with Gasteiger partial charge in [-0.15, -0.1) is 0 Å². The first-order chi connectivity index (χ1) is 13.3. The van der Waals surface area contributed by atoms with E-state index in [9.17, 15) is 29.3 Å². The molecule has 1 aromatic carbocycles. The Hall–Kier alpha value is -3.50. The quantitative estimate of drug-likeness (QED) is 0.412. The number of nitro groups is 1. The van der Waals surface area contributed by atoms with Crippen LogP contribution >= 0.6 is 0 Å². The third-order valence-corrected chi connectivity index (χ3v) is 4.07. The summed E-state index contributed by atoms with van der Waals surface area (Å²) in [4.78, 5) is 60.2. The minimum atomic E-state index is -1.13. The van der Waals surface area contributed by atoms with Gasteiger partial charge in [0, 0.05) is 30.8 Å². The summed E-state index contributed by atoms with van der Waals surface area (Å²) >= 11 is 0. The molecule has 1 saturated heterocycles. The Kier molecular flexibility index (Phi) is 6.64. The number of esters is 2. The molecule has 2 amide bonds. The van der Waals surface area contributed by atoms with Gasteiger partial charge in [-0.3, -0.25) is 24.5 Å². The van der Waals surface area contributed by atoms with Gasteiger partial charge in [0.1, 0.15) is 6.04 Å². The third-order valence-electron chi connectivity index (χ3n) is 4.07. The molecule has 2 rings (SSSR count). The molecule has 1 aromatic rings. The van der Waals surface area contributed by atoms with Crippen molar-refractivity contribution in [3.63, 3.8) is 0 Å². The molecule has 0 spiro atoms. The number of nitro benzene ring substituents is 1. The number of benzene rings is 1. The van der Waals surface area contributed by atoms with Gasteiger partial charge in [-0.25, -0.2) is 4.79 Å². The predicted octanol–water partition coefficient (Wildman–Crippen LogP) is 0.275. The van der Waals surface area contributed by atoms with E-state index in [-0.39, 0.29) is 37.2 Å². The monoisotopic (exact) mass is 393 g/mol. The van der Waals surface area contributed by atoms with Crippen molar-refractivity contribution in [2.45, 2.75) is 19.4 Å². The Labute approximate surface area is 159 Å². The standard InChI is InChI=1S/C17H19N3O8/c1-3-28-17(24)11-6-10(7-12(8-11)20(25)26)16(23)19-5-4-18-15(22)13(19)9-14(21)27-2/h6-8,13H,3-5,9H2,1-2H3,(H,18,22). The Morgan fingerprint density at radius 3 is 2.57 bits per heavy atom. The lowest BCUT2D eigenvalue weighted by molar-refractivity contribution is -0.384. The molecule has 28 heavy (non-hydrogen) atoms. The van der Waals surface area contributed by atoms with E-state index in [1.165, 1.54) is 0 Å². The van der Waals surface area contributed by atoms with E-state index >= 15 is 0 Å². The molecule has 1 fully saturated rings. The summed E-state index contributed by atoms with van der Waals surface area (Å²) in [7, 11) is 1.15. The van der Waals surface area contributed by atoms with Crippen molar-refractivity contribution in [2.24, 2.45) is 0 Å². The van der Waals surface area contributed by atoms with Gasteiger partial charge in [0.05, 0.1) is 30.6 Å². The fraction of sp³-hybridized carbons (Fsp3) is 0.412.